The molecule has 0 spiro atoms. The number of nitrogens with one attached hydrogen (secondary N) is 3. The van der Waals surface area contributed by atoms with Crippen LogP contribution in [0.3, 0.4) is 0 Å². The lowest BCUT2D eigenvalue weighted by molar-refractivity contribution is -0.142. The number of carbonyl (C=O) groups excluding carboxylic acids is 4. The summed E-state index contributed by atoms with van der Waals surface area (Å²) in [6, 6.07) is 3.28. The minimum Gasteiger partial charge on any atom is -0.459 e. The van der Waals surface area contributed by atoms with Gasteiger partial charge in [0.1, 0.15) is 29.8 Å². The van der Waals surface area contributed by atoms with Gasteiger partial charge in [-0.15, -0.1) is 6.58 Å². The summed E-state index contributed by atoms with van der Waals surface area (Å²) in [4.78, 5) is 76.7. The Hall–Kier alpha value is -4.73. The van der Waals surface area contributed by atoms with Crippen LogP contribution in [-0.2, 0) is 35.7 Å². The van der Waals surface area contributed by atoms with Gasteiger partial charge in [-0.2, -0.15) is 4.98 Å². The van der Waals surface area contributed by atoms with Gasteiger partial charge >= 0.3 is 6.09 Å². The average Bonchev–Trinajstić information content (AvgIpc) is 3.96. The zero-order valence-electron chi connectivity index (χ0n) is 32.3. The molecule has 2 aromatic rings. The van der Waals surface area contributed by atoms with Gasteiger partial charge in [0.2, 0.25) is 21.8 Å². The lowest BCUT2D eigenvalue weighted by atomic mass is 9.96. The van der Waals surface area contributed by atoms with Crippen molar-refractivity contribution in [3.8, 4) is 6.01 Å². The Kier molecular flexibility index (Phi) is 10.7. The Morgan fingerprint density at radius 3 is 2.51 bits per heavy atom. The smallest absolute Gasteiger partial charge is 0.408 e. The van der Waals surface area contributed by atoms with E-state index < -0.39 is 68.7 Å². The van der Waals surface area contributed by atoms with E-state index in [4.69, 9.17) is 14.5 Å². The van der Waals surface area contributed by atoms with Gasteiger partial charge in [0, 0.05) is 18.9 Å². The van der Waals surface area contributed by atoms with Crippen LogP contribution >= 0.6 is 0 Å². The molecule has 57 heavy (non-hydrogen) atoms. The van der Waals surface area contributed by atoms with Gasteiger partial charge in [-0.05, 0) is 101 Å². The molecule has 2 bridgehead atoms. The van der Waals surface area contributed by atoms with E-state index in [0.29, 0.717) is 43.0 Å². The number of amides is 4. The van der Waals surface area contributed by atoms with E-state index in [1.54, 1.807) is 12.1 Å². The van der Waals surface area contributed by atoms with Crippen molar-refractivity contribution in [3.05, 3.63) is 58.9 Å². The highest BCUT2D eigenvalue weighted by Gasteiger charge is 2.62. The number of rotatable bonds is 7. The maximum atomic E-state index is 14.9. The lowest BCUT2D eigenvalue weighted by Gasteiger charge is -2.32. The molecule has 6 aliphatic rings. The standard InChI is InChI=1S/C41H52N6O9S/c1-3-27-22-41(27,38(51)45-57(53,54)29-16-17-29)44-35(48)32-21-28-23-47(32)37(50)34(26-11-6-7-12-26)43-40(52)56-33-14-9-13-25(33)10-5-4-8-19-46-36(49)30-18-15-24(2)20-31(30)42-39(46)55-28/h3-4,8,15,18,20,25-29,32-34H,1,5-7,9-14,16-17,19,21-23H2,2H3,(H,43,52)(H,44,48)(H,45,51)/t25-,27-,28-,32+,33-,34+,41-/m1/s1. The fraction of sp³-hybridized carbons (Fsp3) is 0.610. The number of benzene rings is 1. The zero-order valence-corrected chi connectivity index (χ0v) is 33.1. The van der Waals surface area contributed by atoms with Gasteiger partial charge in [0.15, 0.2) is 0 Å². The Bertz CT molecular complexity index is 2160. The summed E-state index contributed by atoms with van der Waals surface area (Å²) >= 11 is 0. The molecule has 5 fully saturated rings. The molecule has 4 aliphatic carbocycles. The Labute approximate surface area is 332 Å². The van der Waals surface area contributed by atoms with Crippen LogP contribution in [0.15, 0.2) is 47.8 Å². The van der Waals surface area contributed by atoms with Crippen LogP contribution < -0.4 is 25.7 Å². The monoisotopic (exact) mass is 804 g/mol. The van der Waals surface area contributed by atoms with Crippen molar-refractivity contribution in [1.29, 1.82) is 0 Å². The number of hydrogen-bond donors (Lipinski definition) is 3. The molecule has 0 radical (unpaired) electrons. The quantitative estimate of drug-likeness (QED) is 0.349. The van der Waals surface area contributed by atoms with Gasteiger partial charge in [-0.3, -0.25) is 28.5 Å². The predicted octanol–water partition coefficient (Wildman–Crippen LogP) is 3.53. The van der Waals surface area contributed by atoms with E-state index in [2.05, 4.69) is 21.9 Å². The summed E-state index contributed by atoms with van der Waals surface area (Å²) in [6.07, 6.45) is 11.9. The van der Waals surface area contributed by atoms with Crippen LogP contribution in [-0.4, -0.2) is 88.3 Å². The maximum absolute atomic E-state index is 14.9. The van der Waals surface area contributed by atoms with Crippen LogP contribution in [0.25, 0.3) is 10.9 Å². The van der Waals surface area contributed by atoms with E-state index in [1.165, 1.54) is 15.5 Å². The fourth-order valence-corrected chi connectivity index (χ4v) is 10.7. The Balaban J connectivity index is 1.15. The van der Waals surface area contributed by atoms with E-state index >= 15 is 0 Å². The molecule has 1 aromatic heterocycles. The first-order valence-electron chi connectivity index (χ1n) is 20.5. The summed E-state index contributed by atoms with van der Waals surface area (Å²) < 4.78 is 41.7. The topological polar surface area (TPSA) is 195 Å². The molecule has 306 valence electrons. The van der Waals surface area contributed by atoms with Gasteiger partial charge in [-0.25, -0.2) is 13.2 Å². The molecule has 4 amide bonds. The van der Waals surface area contributed by atoms with E-state index in [0.717, 1.165) is 44.1 Å². The normalized spacial score (nSPS) is 30.9. The first-order chi connectivity index (χ1) is 27.4. The first kappa shape index (κ1) is 39.1. The minimum absolute atomic E-state index is 0.0302. The molecule has 8 rings (SSSR count). The molecule has 7 atom stereocenters. The van der Waals surface area contributed by atoms with Gasteiger partial charge in [-0.1, -0.05) is 37.1 Å². The third-order valence-electron chi connectivity index (χ3n) is 12.9. The third-order valence-corrected chi connectivity index (χ3v) is 14.7. The largest absolute Gasteiger partial charge is 0.459 e. The molecule has 15 nitrogen and oxygen atoms in total. The van der Waals surface area contributed by atoms with Crippen LogP contribution in [0.1, 0.15) is 89.0 Å². The van der Waals surface area contributed by atoms with E-state index in [-0.39, 0.29) is 55.4 Å². The van der Waals surface area contributed by atoms with Gasteiger partial charge in [0.25, 0.3) is 17.5 Å². The average molecular weight is 805 g/mol. The highest BCUT2D eigenvalue weighted by atomic mass is 32.2. The number of fused-ring (bicyclic) bond motifs is 5. The third kappa shape index (κ3) is 7.93. The second-order valence-corrected chi connectivity index (χ2v) is 18.8. The minimum atomic E-state index is -3.92. The van der Waals surface area contributed by atoms with E-state index in [1.807, 2.05) is 25.1 Å². The number of sulfonamides is 1. The highest BCUT2D eigenvalue weighted by Crippen LogP contribution is 2.45. The molecule has 3 heterocycles. The van der Waals surface area contributed by atoms with Crippen molar-refractivity contribution < 1.29 is 37.1 Å². The zero-order chi connectivity index (χ0) is 40.1. The first-order valence-corrected chi connectivity index (χ1v) is 22.0. The molecule has 4 saturated carbocycles. The number of aromatic nitrogens is 2. The Morgan fingerprint density at radius 1 is 1.00 bits per heavy atom. The van der Waals surface area contributed by atoms with Crippen LogP contribution in [0.4, 0.5) is 4.79 Å². The van der Waals surface area contributed by atoms with Crippen molar-refractivity contribution in [3.63, 3.8) is 0 Å². The molecule has 2 aliphatic heterocycles. The SMILES string of the molecule is C=C[C@@H]1C[C@]1(NC(=O)[C@@H]1C[C@@H]2CN1C(=O)[C@H](C1CCCC1)NC(=O)O[C@@H]1CCC[C@H]1CCC=CCn1c(nc3cc(C)ccc3c1=O)O2)C(=O)NS(=O)(=O)C1CC1. The highest BCUT2D eigenvalue weighted by molar-refractivity contribution is 7.91. The number of alkyl carbamates (subject to hydrolysis) is 1. The van der Waals surface area contributed by atoms with Crippen LogP contribution in [0.5, 0.6) is 6.01 Å². The van der Waals surface area contributed by atoms with Crippen molar-refractivity contribution in [2.75, 3.05) is 6.54 Å². The second kappa shape index (κ2) is 15.6. The van der Waals surface area contributed by atoms with Crippen molar-refractivity contribution in [2.45, 2.75) is 132 Å². The molecule has 0 unspecified atom stereocenters. The van der Waals surface area contributed by atoms with Crippen molar-refractivity contribution in [2.24, 2.45) is 17.8 Å². The van der Waals surface area contributed by atoms with Crippen molar-refractivity contribution in [1.82, 2.24) is 29.8 Å². The number of allylic oxidation sites excluding steroid dienone is 2. The van der Waals surface area contributed by atoms with Crippen LogP contribution in [0, 0.1) is 24.7 Å². The molecular weight excluding hydrogens is 753 g/mol. The van der Waals surface area contributed by atoms with E-state index in [9.17, 15) is 32.4 Å². The second-order valence-electron chi connectivity index (χ2n) is 16.8. The number of nitrogens with zero attached hydrogens (tertiary/aromatic N) is 3. The van der Waals surface area contributed by atoms with Gasteiger partial charge < -0.3 is 25.0 Å². The van der Waals surface area contributed by atoms with Crippen LogP contribution in [0.2, 0.25) is 0 Å². The van der Waals surface area contributed by atoms with Crippen molar-refractivity contribution >= 4 is 44.7 Å². The number of hydrogen-bond acceptors (Lipinski definition) is 10. The van der Waals surface area contributed by atoms with Gasteiger partial charge in [0.05, 0.1) is 22.7 Å². The fourth-order valence-electron chi connectivity index (χ4n) is 9.35. The molecule has 1 saturated heterocycles. The maximum Gasteiger partial charge on any atom is 0.408 e. The Morgan fingerprint density at radius 2 is 1.77 bits per heavy atom. The number of aryl methyl sites for hydroxylation is 1. The number of carbonyl (C=O) groups is 4. The lowest BCUT2D eigenvalue weighted by Crippen LogP contribution is -2.59. The summed E-state index contributed by atoms with van der Waals surface area (Å²) in [6.45, 7) is 5.79. The summed E-state index contributed by atoms with van der Waals surface area (Å²) in [5, 5.41) is 5.51. The predicted molar refractivity (Wildman–Crippen MR) is 209 cm³/mol. The molecule has 1 aromatic carbocycles. The summed E-state index contributed by atoms with van der Waals surface area (Å²) in [5.74, 6) is -2.59. The summed E-state index contributed by atoms with van der Waals surface area (Å²) in [5.41, 5.74) is -0.507. The molecule has 16 heteroatoms. The molecule has 3 N–H and O–H groups in total. The number of ether oxygens (including phenoxy) is 2. The molecular formula is C41H52N6O9S. The summed E-state index contributed by atoms with van der Waals surface area (Å²) in [7, 11) is -3.92.